The van der Waals surface area contributed by atoms with E-state index in [1.54, 1.807) is 37.7 Å². The fraction of sp³-hybridized carbons (Fsp3) is 0.100. The van der Waals surface area contributed by atoms with Gasteiger partial charge in [-0.05, 0) is 43.5 Å². The van der Waals surface area contributed by atoms with Crippen LogP contribution in [0.1, 0.15) is 11.4 Å². The Morgan fingerprint density at radius 3 is 3.00 bits per heavy atom. The Kier molecular flexibility index (Phi) is 5.51. The Morgan fingerprint density at radius 1 is 1.37 bits per heavy atom. The fourth-order valence-electron chi connectivity index (χ4n) is 2.53. The molecule has 0 aromatic carbocycles. The van der Waals surface area contributed by atoms with Crippen LogP contribution < -0.4 is 5.32 Å². The first-order valence-corrected chi connectivity index (χ1v) is 8.32. The standard InChI is InChI=1S/C20H19FN6/c1-3-4-9-23-13-19(27-11-8-15-12-24-10-7-18(15)27)26-20(22)17-6-5-16(21)14(2)25-17/h3-12,22-23H,1,13H2,2H3/b9-4-,22-20?,26-19+. The number of fused-ring (bicyclic) bond motifs is 1. The van der Waals surface area contributed by atoms with E-state index in [2.05, 4.69) is 26.9 Å². The van der Waals surface area contributed by atoms with Crippen molar-refractivity contribution in [2.24, 2.45) is 4.99 Å². The lowest BCUT2D eigenvalue weighted by molar-refractivity contribution is 0.609. The van der Waals surface area contributed by atoms with Gasteiger partial charge >= 0.3 is 0 Å². The van der Waals surface area contributed by atoms with E-state index < -0.39 is 5.82 Å². The number of aromatic nitrogens is 3. The van der Waals surface area contributed by atoms with E-state index in [-0.39, 0.29) is 11.5 Å². The first kappa shape index (κ1) is 18.2. The number of hydrogen-bond donors (Lipinski definition) is 2. The van der Waals surface area contributed by atoms with E-state index in [9.17, 15) is 4.39 Å². The van der Waals surface area contributed by atoms with Crippen molar-refractivity contribution in [3.05, 3.63) is 85.0 Å². The lowest BCUT2D eigenvalue weighted by atomic mass is 10.3. The molecule has 0 spiro atoms. The highest BCUT2D eigenvalue weighted by Gasteiger charge is 2.11. The molecule has 0 amide bonds. The third kappa shape index (κ3) is 4.14. The van der Waals surface area contributed by atoms with Gasteiger partial charge in [0.15, 0.2) is 5.84 Å². The summed E-state index contributed by atoms with van der Waals surface area (Å²) in [6, 6.07) is 6.56. The summed E-state index contributed by atoms with van der Waals surface area (Å²) < 4.78 is 15.3. The molecule has 7 heteroatoms. The monoisotopic (exact) mass is 362 g/mol. The highest BCUT2D eigenvalue weighted by atomic mass is 19.1. The third-order valence-corrected chi connectivity index (χ3v) is 3.88. The zero-order chi connectivity index (χ0) is 19.2. The van der Waals surface area contributed by atoms with Crippen molar-refractivity contribution < 1.29 is 4.39 Å². The molecule has 3 rings (SSSR count). The quantitative estimate of drug-likeness (QED) is 0.415. The van der Waals surface area contributed by atoms with Crippen LogP contribution in [0.3, 0.4) is 0 Å². The minimum absolute atomic E-state index is 0.0430. The summed E-state index contributed by atoms with van der Waals surface area (Å²) in [4.78, 5) is 12.7. The molecule has 0 unspecified atom stereocenters. The van der Waals surface area contributed by atoms with Crippen LogP contribution in [0.5, 0.6) is 0 Å². The molecular weight excluding hydrogens is 343 g/mol. The SMILES string of the molecule is C=C/C=C\NC/C(=N\C(=N)c1ccc(F)c(C)n1)n1ccc2cnccc21. The molecule has 0 bridgehead atoms. The summed E-state index contributed by atoms with van der Waals surface area (Å²) in [7, 11) is 0. The van der Waals surface area contributed by atoms with Gasteiger partial charge in [0.2, 0.25) is 0 Å². The first-order valence-electron chi connectivity index (χ1n) is 8.32. The van der Waals surface area contributed by atoms with Crippen molar-refractivity contribution in [3.63, 3.8) is 0 Å². The number of nitrogens with zero attached hydrogens (tertiary/aromatic N) is 4. The summed E-state index contributed by atoms with van der Waals surface area (Å²) in [5.74, 6) is 0.146. The van der Waals surface area contributed by atoms with E-state index in [4.69, 9.17) is 5.41 Å². The number of aryl methyl sites for hydroxylation is 1. The van der Waals surface area contributed by atoms with Crippen molar-refractivity contribution in [2.45, 2.75) is 6.92 Å². The maximum Gasteiger partial charge on any atom is 0.172 e. The van der Waals surface area contributed by atoms with Crippen LogP contribution in [-0.2, 0) is 0 Å². The third-order valence-electron chi connectivity index (χ3n) is 3.88. The highest BCUT2D eigenvalue weighted by Crippen LogP contribution is 2.14. The zero-order valence-corrected chi connectivity index (χ0v) is 14.9. The van der Waals surface area contributed by atoms with Gasteiger partial charge in [0.05, 0.1) is 17.8 Å². The lowest BCUT2D eigenvalue weighted by Gasteiger charge is -2.11. The van der Waals surface area contributed by atoms with Gasteiger partial charge in [-0.1, -0.05) is 12.7 Å². The van der Waals surface area contributed by atoms with Gasteiger partial charge < -0.3 is 9.88 Å². The number of hydrogen-bond acceptors (Lipinski definition) is 4. The predicted molar refractivity (Wildman–Crippen MR) is 106 cm³/mol. The van der Waals surface area contributed by atoms with Gasteiger partial charge in [-0.25, -0.2) is 14.4 Å². The summed E-state index contributed by atoms with van der Waals surface area (Å²) in [6.45, 7) is 5.56. The zero-order valence-electron chi connectivity index (χ0n) is 14.9. The van der Waals surface area contributed by atoms with Crippen LogP contribution in [0.2, 0.25) is 0 Å². The molecule has 0 saturated heterocycles. The molecule has 27 heavy (non-hydrogen) atoms. The van der Waals surface area contributed by atoms with E-state index in [0.29, 0.717) is 18.1 Å². The highest BCUT2D eigenvalue weighted by molar-refractivity contribution is 6.07. The number of rotatable bonds is 5. The van der Waals surface area contributed by atoms with Gasteiger partial charge in [-0.15, -0.1) is 0 Å². The molecule has 2 N–H and O–H groups in total. The summed E-state index contributed by atoms with van der Waals surface area (Å²) in [5.41, 5.74) is 1.47. The molecule has 0 radical (unpaired) electrons. The summed E-state index contributed by atoms with van der Waals surface area (Å²) in [5, 5.41) is 12.4. The topological polar surface area (TPSA) is 79.0 Å². The lowest BCUT2D eigenvalue weighted by Crippen LogP contribution is -2.25. The number of aliphatic imine (C=N–C) groups is 1. The van der Waals surface area contributed by atoms with Gasteiger partial charge in [0.25, 0.3) is 0 Å². The van der Waals surface area contributed by atoms with Crippen LogP contribution in [0.4, 0.5) is 4.39 Å². The van der Waals surface area contributed by atoms with E-state index >= 15 is 0 Å². The number of nitrogens with one attached hydrogen (secondary N) is 2. The van der Waals surface area contributed by atoms with Gasteiger partial charge in [0, 0.05) is 24.0 Å². The maximum absolute atomic E-state index is 13.5. The summed E-state index contributed by atoms with van der Waals surface area (Å²) in [6.07, 6.45) is 10.5. The van der Waals surface area contributed by atoms with E-state index in [1.165, 1.54) is 12.1 Å². The molecule has 0 aliphatic carbocycles. The maximum atomic E-state index is 13.5. The van der Waals surface area contributed by atoms with E-state index in [1.807, 2.05) is 22.9 Å². The molecule has 3 aromatic rings. The molecule has 0 atom stereocenters. The van der Waals surface area contributed by atoms with Crippen molar-refractivity contribution >= 4 is 22.6 Å². The Hall–Kier alpha value is -3.61. The second kappa shape index (κ2) is 8.18. The van der Waals surface area contributed by atoms with Crippen molar-refractivity contribution in [2.75, 3.05) is 6.54 Å². The molecule has 3 heterocycles. The van der Waals surface area contributed by atoms with Crippen molar-refractivity contribution in [1.82, 2.24) is 19.9 Å². The van der Waals surface area contributed by atoms with Crippen LogP contribution in [0.25, 0.3) is 10.9 Å². The average molecular weight is 362 g/mol. The molecule has 136 valence electrons. The second-order valence-electron chi connectivity index (χ2n) is 5.74. The van der Waals surface area contributed by atoms with Crippen LogP contribution in [0.15, 0.2) is 72.8 Å². The Balaban J connectivity index is 1.99. The summed E-state index contributed by atoms with van der Waals surface area (Å²) >= 11 is 0. The number of pyridine rings is 2. The minimum Gasteiger partial charge on any atom is -0.384 e. The normalized spacial score (nSPS) is 11.9. The first-order chi connectivity index (χ1) is 13.1. The number of allylic oxidation sites excluding steroid dienone is 2. The molecule has 3 aromatic heterocycles. The van der Waals surface area contributed by atoms with Crippen molar-refractivity contribution in [1.29, 1.82) is 5.41 Å². The largest absolute Gasteiger partial charge is 0.384 e. The fourth-order valence-corrected chi connectivity index (χ4v) is 2.53. The second-order valence-corrected chi connectivity index (χ2v) is 5.74. The smallest absolute Gasteiger partial charge is 0.172 e. The van der Waals surface area contributed by atoms with Gasteiger partial charge in [-0.3, -0.25) is 10.4 Å². The predicted octanol–water partition coefficient (Wildman–Crippen LogP) is 3.44. The molecule has 0 aliphatic heterocycles. The molecule has 6 nitrogen and oxygen atoms in total. The van der Waals surface area contributed by atoms with Crippen LogP contribution in [0, 0.1) is 18.2 Å². The molecule has 0 aliphatic rings. The van der Waals surface area contributed by atoms with Gasteiger partial charge in [-0.2, -0.15) is 0 Å². The average Bonchev–Trinajstić information content (AvgIpc) is 3.10. The van der Waals surface area contributed by atoms with Crippen molar-refractivity contribution in [3.8, 4) is 0 Å². The van der Waals surface area contributed by atoms with Crippen LogP contribution >= 0.6 is 0 Å². The molecular formula is C20H19FN6. The van der Waals surface area contributed by atoms with E-state index in [0.717, 1.165) is 10.9 Å². The van der Waals surface area contributed by atoms with Crippen LogP contribution in [-0.4, -0.2) is 32.8 Å². The Bertz CT molecular complexity index is 1050. The number of halogens is 1. The molecule has 0 fully saturated rings. The minimum atomic E-state index is -0.407. The molecule has 0 saturated carbocycles. The Labute approximate surface area is 156 Å². The number of amidine groups is 1. The Morgan fingerprint density at radius 2 is 2.22 bits per heavy atom. The van der Waals surface area contributed by atoms with Gasteiger partial charge in [0.1, 0.15) is 17.3 Å².